The summed E-state index contributed by atoms with van der Waals surface area (Å²) in [5.74, 6) is 0.231. The molecule has 0 bridgehead atoms. The van der Waals surface area contributed by atoms with E-state index in [0.717, 1.165) is 38.2 Å². The van der Waals surface area contributed by atoms with Crippen LogP contribution in [0.15, 0.2) is 30.5 Å². The number of rotatable bonds is 4. The number of hydrogen-bond acceptors (Lipinski definition) is 5. The summed E-state index contributed by atoms with van der Waals surface area (Å²) < 4.78 is 0. The maximum absolute atomic E-state index is 12.4. The van der Waals surface area contributed by atoms with Crippen molar-refractivity contribution in [1.29, 1.82) is 0 Å². The molecule has 1 aliphatic rings. The van der Waals surface area contributed by atoms with E-state index < -0.39 is 0 Å². The fourth-order valence-electron chi connectivity index (χ4n) is 2.85. The minimum Gasteiger partial charge on any atom is -0.375 e. The number of nitrogen functional groups attached to an aromatic ring is 1. The Morgan fingerprint density at radius 3 is 2.65 bits per heavy atom. The van der Waals surface area contributed by atoms with Gasteiger partial charge in [0.2, 0.25) is 5.91 Å². The molecule has 2 aromatic rings. The van der Waals surface area contributed by atoms with Crippen molar-refractivity contribution in [2.45, 2.75) is 26.3 Å². The quantitative estimate of drug-likeness (QED) is 0.904. The monoisotopic (exact) mass is 330 g/mol. The number of nitrogens with two attached hydrogens (primary N) is 1. The zero-order chi connectivity index (χ0) is 16.2. The van der Waals surface area contributed by atoms with Crippen LogP contribution in [-0.4, -0.2) is 28.9 Å². The van der Waals surface area contributed by atoms with Crippen molar-refractivity contribution in [2.75, 3.05) is 24.1 Å². The molecule has 3 N–H and O–H groups in total. The SMILES string of the molecule is Cc1ccc(NC(=O)C2CCN(Cc3cnc(N)s3)CC2)cc1. The second-order valence-corrected chi connectivity index (χ2v) is 7.22. The molecule has 0 unspecified atom stereocenters. The number of anilines is 2. The minimum atomic E-state index is 0.0964. The standard InChI is InChI=1S/C17H22N4OS/c1-12-2-4-14(5-3-12)20-16(22)13-6-8-21(9-7-13)11-15-10-19-17(18)23-15/h2-5,10,13H,6-9,11H2,1H3,(H2,18,19)(H,20,22). The van der Waals surface area contributed by atoms with Gasteiger partial charge in [0.05, 0.1) is 0 Å². The summed E-state index contributed by atoms with van der Waals surface area (Å²) in [7, 11) is 0. The lowest BCUT2D eigenvalue weighted by atomic mass is 9.95. The molecule has 0 radical (unpaired) electrons. The number of benzene rings is 1. The van der Waals surface area contributed by atoms with Gasteiger partial charge >= 0.3 is 0 Å². The number of aryl methyl sites for hydroxylation is 1. The van der Waals surface area contributed by atoms with Crippen molar-refractivity contribution in [1.82, 2.24) is 9.88 Å². The molecule has 1 fully saturated rings. The van der Waals surface area contributed by atoms with Gasteiger partial charge in [0.25, 0.3) is 0 Å². The van der Waals surface area contributed by atoms with Crippen molar-refractivity contribution in [3.05, 3.63) is 40.9 Å². The van der Waals surface area contributed by atoms with Crippen LogP contribution >= 0.6 is 11.3 Å². The predicted octanol–water partition coefficient (Wildman–Crippen LogP) is 2.88. The van der Waals surface area contributed by atoms with E-state index in [4.69, 9.17) is 5.73 Å². The third-order valence-corrected chi connectivity index (χ3v) is 5.04. The summed E-state index contributed by atoms with van der Waals surface area (Å²) in [4.78, 5) is 20.0. The van der Waals surface area contributed by atoms with E-state index >= 15 is 0 Å². The van der Waals surface area contributed by atoms with Crippen LogP contribution in [0.5, 0.6) is 0 Å². The van der Waals surface area contributed by atoms with E-state index in [0.29, 0.717) is 5.13 Å². The van der Waals surface area contributed by atoms with E-state index in [1.165, 1.54) is 21.8 Å². The fourth-order valence-corrected chi connectivity index (χ4v) is 3.58. The summed E-state index contributed by atoms with van der Waals surface area (Å²) in [6.07, 6.45) is 3.63. The molecule has 3 rings (SSSR count). The molecule has 0 saturated carbocycles. The number of carbonyl (C=O) groups is 1. The molecule has 2 heterocycles. The number of amides is 1. The number of piperidine rings is 1. The molecule has 1 aromatic carbocycles. The number of carbonyl (C=O) groups excluding carboxylic acids is 1. The number of aromatic nitrogens is 1. The highest BCUT2D eigenvalue weighted by Gasteiger charge is 2.25. The highest BCUT2D eigenvalue weighted by atomic mass is 32.1. The molecule has 1 aromatic heterocycles. The Hall–Kier alpha value is -1.92. The Bertz CT molecular complexity index is 659. The number of nitrogens with one attached hydrogen (secondary N) is 1. The van der Waals surface area contributed by atoms with Gasteiger partial charge in [-0.1, -0.05) is 17.7 Å². The van der Waals surface area contributed by atoms with Crippen molar-refractivity contribution in [2.24, 2.45) is 5.92 Å². The van der Waals surface area contributed by atoms with Crippen LogP contribution in [0.1, 0.15) is 23.3 Å². The Balaban J connectivity index is 1.48. The predicted molar refractivity (Wildman–Crippen MR) is 94.3 cm³/mol. The molecular weight excluding hydrogens is 308 g/mol. The lowest BCUT2D eigenvalue weighted by Gasteiger charge is -2.30. The van der Waals surface area contributed by atoms with Gasteiger partial charge in [0.15, 0.2) is 5.13 Å². The zero-order valence-corrected chi connectivity index (χ0v) is 14.1. The highest BCUT2D eigenvalue weighted by Crippen LogP contribution is 2.23. The van der Waals surface area contributed by atoms with Crippen LogP contribution in [-0.2, 0) is 11.3 Å². The third-order valence-electron chi connectivity index (χ3n) is 4.23. The number of likely N-dealkylation sites (tertiary alicyclic amines) is 1. The Morgan fingerprint density at radius 1 is 1.35 bits per heavy atom. The molecule has 23 heavy (non-hydrogen) atoms. The average Bonchev–Trinajstić information content (AvgIpc) is 2.95. The summed E-state index contributed by atoms with van der Waals surface area (Å²) in [5.41, 5.74) is 7.74. The van der Waals surface area contributed by atoms with Gasteiger partial charge < -0.3 is 11.1 Å². The van der Waals surface area contributed by atoms with E-state index in [1.807, 2.05) is 37.4 Å². The summed E-state index contributed by atoms with van der Waals surface area (Å²) in [6.45, 7) is 4.78. The first-order chi connectivity index (χ1) is 11.1. The molecule has 1 aliphatic heterocycles. The summed E-state index contributed by atoms with van der Waals surface area (Å²) in [6, 6.07) is 7.94. The van der Waals surface area contributed by atoms with Gasteiger partial charge in [0, 0.05) is 29.2 Å². The summed E-state index contributed by atoms with van der Waals surface area (Å²) >= 11 is 1.54. The second kappa shape index (κ2) is 7.10. The lowest BCUT2D eigenvalue weighted by molar-refractivity contribution is -0.121. The van der Waals surface area contributed by atoms with E-state index in [-0.39, 0.29) is 11.8 Å². The third kappa shape index (κ3) is 4.30. The van der Waals surface area contributed by atoms with Crippen LogP contribution in [0, 0.1) is 12.8 Å². The highest BCUT2D eigenvalue weighted by molar-refractivity contribution is 7.15. The first kappa shape index (κ1) is 16.0. The topological polar surface area (TPSA) is 71.2 Å². The van der Waals surface area contributed by atoms with Crippen molar-refractivity contribution in [3.63, 3.8) is 0 Å². The van der Waals surface area contributed by atoms with Crippen molar-refractivity contribution >= 4 is 28.1 Å². The largest absolute Gasteiger partial charge is 0.375 e. The minimum absolute atomic E-state index is 0.0964. The first-order valence-corrected chi connectivity index (χ1v) is 8.72. The molecule has 5 nitrogen and oxygen atoms in total. The molecule has 1 saturated heterocycles. The van der Waals surface area contributed by atoms with Gasteiger partial charge in [-0.15, -0.1) is 11.3 Å². The van der Waals surface area contributed by atoms with Gasteiger partial charge in [0.1, 0.15) is 0 Å². The van der Waals surface area contributed by atoms with Gasteiger partial charge in [-0.3, -0.25) is 9.69 Å². The van der Waals surface area contributed by atoms with E-state index in [2.05, 4.69) is 15.2 Å². The van der Waals surface area contributed by atoms with Crippen LogP contribution < -0.4 is 11.1 Å². The molecule has 0 spiro atoms. The molecular formula is C17H22N4OS. The lowest BCUT2D eigenvalue weighted by Crippen LogP contribution is -2.37. The molecule has 6 heteroatoms. The Labute approximate surface area is 140 Å². The van der Waals surface area contributed by atoms with Crippen molar-refractivity contribution in [3.8, 4) is 0 Å². The normalized spacial score (nSPS) is 16.4. The fraction of sp³-hybridized carbons (Fsp3) is 0.412. The van der Waals surface area contributed by atoms with E-state index in [9.17, 15) is 4.79 Å². The van der Waals surface area contributed by atoms with Crippen LogP contribution in [0.25, 0.3) is 0 Å². The molecule has 0 atom stereocenters. The zero-order valence-electron chi connectivity index (χ0n) is 13.3. The van der Waals surface area contributed by atoms with Crippen LogP contribution in [0.3, 0.4) is 0 Å². The van der Waals surface area contributed by atoms with Crippen LogP contribution in [0.4, 0.5) is 10.8 Å². The van der Waals surface area contributed by atoms with Crippen LogP contribution in [0.2, 0.25) is 0 Å². The van der Waals surface area contributed by atoms with Gasteiger partial charge in [-0.05, 0) is 45.0 Å². The smallest absolute Gasteiger partial charge is 0.227 e. The maximum atomic E-state index is 12.4. The number of hydrogen-bond donors (Lipinski definition) is 2. The van der Waals surface area contributed by atoms with Gasteiger partial charge in [-0.25, -0.2) is 4.98 Å². The van der Waals surface area contributed by atoms with Crippen molar-refractivity contribution < 1.29 is 4.79 Å². The second-order valence-electron chi connectivity index (χ2n) is 6.07. The van der Waals surface area contributed by atoms with E-state index in [1.54, 1.807) is 0 Å². The molecule has 1 amide bonds. The molecule has 0 aliphatic carbocycles. The number of thiazole rings is 1. The van der Waals surface area contributed by atoms with Gasteiger partial charge in [-0.2, -0.15) is 0 Å². The first-order valence-electron chi connectivity index (χ1n) is 7.90. The molecule has 122 valence electrons. The number of nitrogens with zero attached hydrogens (tertiary/aromatic N) is 2. The Morgan fingerprint density at radius 2 is 2.04 bits per heavy atom. The average molecular weight is 330 g/mol. The maximum Gasteiger partial charge on any atom is 0.227 e. The Kier molecular flexibility index (Phi) is 4.93. The summed E-state index contributed by atoms with van der Waals surface area (Å²) in [5, 5.41) is 3.64.